The molecule has 0 radical (unpaired) electrons. The highest BCUT2D eigenvalue weighted by molar-refractivity contribution is 6.07. The van der Waals surface area contributed by atoms with Gasteiger partial charge in [0.1, 0.15) is 22.6 Å². The minimum Gasteiger partial charge on any atom is -0.496 e. The standard InChI is InChI=1S/C16H15NO5/c1-20-12-8-4-3-6-10(12)15(18)22-16(19)14-11(17)7-5-9-13(14)21-2/h3-9H,17H2,1-2H3. The second kappa shape index (κ2) is 6.62. The Morgan fingerprint density at radius 1 is 0.864 bits per heavy atom. The highest BCUT2D eigenvalue weighted by atomic mass is 16.6. The van der Waals surface area contributed by atoms with Gasteiger partial charge in [0.15, 0.2) is 0 Å². The number of rotatable bonds is 4. The summed E-state index contributed by atoms with van der Waals surface area (Å²) in [5.41, 5.74) is 6.07. The lowest BCUT2D eigenvalue weighted by Crippen LogP contribution is -2.16. The third-order valence-corrected chi connectivity index (χ3v) is 2.99. The number of methoxy groups -OCH3 is 2. The van der Waals surface area contributed by atoms with E-state index in [1.807, 2.05) is 0 Å². The van der Waals surface area contributed by atoms with Crippen LogP contribution in [0.1, 0.15) is 20.7 Å². The van der Waals surface area contributed by atoms with E-state index in [9.17, 15) is 9.59 Å². The lowest BCUT2D eigenvalue weighted by molar-refractivity contribution is 0.0395. The van der Waals surface area contributed by atoms with Crippen LogP contribution >= 0.6 is 0 Å². The van der Waals surface area contributed by atoms with Crippen LogP contribution in [0.15, 0.2) is 42.5 Å². The zero-order valence-corrected chi connectivity index (χ0v) is 12.2. The maximum Gasteiger partial charge on any atom is 0.351 e. The van der Waals surface area contributed by atoms with Crippen molar-refractivity contribution in [3.8, 4) is 11.5 Å². The van der Waals surface area contributed by atoms with Crippen molar-refractivity contribution in [2.45, 2.75) is 0 Å². The Morgan fingerprint density at radius 2 is 1.50 bits per heavy atom. The maximum absolute atomic E-state index is 12.2. The monoisotopic (exact) mass is 301 g/mol. The number of carbonyl (C=O) groups is 2. The number of benzene rings is 2. The van der Waals surface area contributed by atoms with Crippen molar-refractivity contribution < 1.29 is 23.8 Å². The quantitative estimate of drug-likeness (QED) is 0.529. The molecule has 2 aromatic rings. The molecule has 0 heterocycles. The highest BCUT2D eigenvalue weighted by Gasteiger charge is 2.22. The number of hydrogen-bond acceptors (Lipinski definition) is 6. The Balaban J connectivity index is 2.28. The Kier molecular flexibility index (Phi) is 4.63. The molecule has 0 bridgehead atoms. The van der Waals surface area contributed by atoms with Gasteiger partial charge in [0, 0.05) is 5.69 Å². The molecule has 0 amide bonds. The van der Waals surface area contributed by atoms with Crippen LogP contribution < -0.4 is 15.2 Å². The van der Waals surface area contributed by atoms with E-state index < -0.39 is 11.9 Å². The lowest BCUT2D eigenvalue weighted by Gasteiger charge is -2.11. The third kappa shape index (κ3) is 3.01. The van der Waals surface area contributed by atoms with Crippen molar-refractivity contribution >= 4 is 17.6 Å². The molecule has 114 valence electrons. The predicted octanol–water partition coefficient (Wildman–Crippen LogP) is 2.28. The second-order valence-electron chi connectivity index (χ2n) is 4.30. The summed E-state index contributed by atoms with van der Waals surface area (Å²) in [5.74, 6) is -1.16. The summed E-state index contributed by atoms with van der Waals surface area (Å²) >= 11 is 0. The maximum atomic E-state index is 12.2. The van der Waals surface area contributed by atoms with E-state index in [0.717, 1.165) is 0 Å². The summed E-state index contributed by atoms with van der Waals surface area (Å²) in [6.45, 7) is 0. The molecule has 0 aromatic heterocycles. The summed E-state index contributed by atoms with van der Waals surface area (Å²) < 4.78 is 15.0. The first-order chi connectivity index (χ1) is 10.6. The average molecular weight is 301 g/mol. The molecule has 0 aliphatic rings. The number of ether oxygens (including phenoxy) is 3. The van der Waals surface area contributed by atoms with E-state index in [0.29, 0.717) is 5.75 Å². The van der Waals surface area contributed by atoms with Gasteiger partial charge in [-0.05, 0) is 24.3 Å². The highest BCUT2D eigenvalue weighted by Crippen LogP contribution is 2.26. The van der Waals surface area contributed by atoms with E-state index >= 15 is 0 Å². The zero-order chi connectivity index (χ0) is 16.1. The van der Waals surface area contributed by atoms with E-state index in [2.05, 4.69) is 0 Å². The van der Waals surface area contributed by atoms with Gasteiger partial charge in [0.05, 0.1) is 14.2 Å². The molecule has 0 unspecified atom stereocenters. The van der Waals surface area contributed by atoms with Crippen LogP contribution in [0.25, 0.3) is 0 Å². The molecule has 2 aromatic carbocycles. The van der Waals surface area contributed by atoms with Crippen molar-refractivity contribution in [1.82, 2.24) is 0 Å². The van der Waals surface area contributed by atoms with Gasteiger partial charge in [0.25, 0.3) is 0 Å². The van der Waals surface area contributed by atoms with Crippen LogP contribution in [-0.4, -0.2) is 26.2 Å². The van der Waals surface area contributed by atoms with Gasteiger partial charge in [-0.25, -0.2) is 9.59 Å². The number of para-hydroxylation sites is 1. The first kappa shape index (κ1) is 15.4. The number of nitrogens with two attached hydrogens (primary N) is 1. The average Bonchev–Trinajstić information content (AvgIpc) is 2.54. The summed E-state index contributed by atoms with van der Waals surface area (Å²) in [4.78, 5) is 24.3. The molecule has 6 nitrogen and oxygen atoms in total. The second-order valence-corrected chi connectivity index (χ2v) is 4.30. The fourth-order valence-electron chi connectivity index (χ4n) is 1.94. The number of nitrogen functional groups attached to an aromatic ring is 1. The molecule has 0 aliphatic heterocycles. The normalized spacial score (nSPS) is 9.91. The molecule has 2 N–H and O–H groups in total. The molecule has 2 rings (SSSR count). The first-order valence-corrected chi connectivity index (χ1v) is 6.40. The summed E-state index contributed by atoms with van der Waals surface area (Å²) in [7, 11) is 2.82. The van der Waals surface area contributed by atoms with Crippen molar-refractivity contribution in [2.24, 2.45) is 0 Å². The van der Waals surface area contributed by atoms with Gasteiger partial charge >= 0.3 is 11.9 Å². The van der Waals surface area contributed by atoms with Crippen LogP contribution in [0.4, 0.5) is 5.69 Å². The minimum atomic E-state index is -0.883. The van der Waals surface area contributed by atoms with Crippen LogP contribution in [0, 0.1) is 0 Å². The summed E-state index contributed by atoms with van der Waals surface area (Å²) in [6.07, 6.45) is 0. The summed E-state index contributed by atoms with van der Waals surface area (Å²) in [5, 5.41) is 0. The first-order valence-electron chi connectivity index (χ1n) is 6.40. The number of anilines is 1. The molecule has 0 saturated carbocycles. The largest absolute Gasteiger partial charge is 0.496 e. The molecule has 0 fully saturated rings. The smallest absolute Gasteiger partial charge is 0.351 e. The van der Waals surface area contributed by atoms with Crippen molar-refractivity contribution in [3.63, 3.8) is 0 Å². The lowest BCUT2D eigenvalue weighted by atomic mass is 10.1. The molecule has 0 aliphatic carbocycles. The van der Waals surface area contributed by atoms with E-state index in [1.54, 1.807) is 30.3 Å². The van der Waals surface area contributed by atoms with Gasteiger partial charge in [0.2, 0.25) is 0 Å². The van der Waals surface area contributed by atoms with Gasteiger partial charge < -0.3 is 19.9 Å². The number of esters is 2. The Bertz CT molecular complexity index is 711. The van der Waals surface area contributed by atoms with Crippen LogP contribution in [0.3, 0.4) is 0 Å². The van der Waals surface area contributed by atoms with Crippen molar-refractivity contribution in [2.75, 3.05) is 20.0 Å². The van der Waals surface area contributed by atoms with Gasteiger partial charge in [-0.15, -0.1) is 0 Å². The Hall–Kier alpha value is -3.02. The van der Waals surface area contributed by atoms with Crippen LogP contribution in [0.2, 0.25) is 0 Å². The third-order valence-electron chi connectivity index (χ3n) is 2.99. The van der Waals surface area contributed by atoms with Gasteiger partial charge in [-0.3, -0.25) is 0 Å². The minimum absolute atomic E-state index is 0.00764. The molecule has 0 atom stereocenters. The molecule has 0 saturated heterocycles. The Morgan fingerprint density at radius 3 is 2.18 bits per heavy atom. The Labute approximate surface area is 127 Å². The van der Waals surface area contributed by atoms with Crippen LogP contribution in [0.5, 0.6) is 11.5 Å². The molecular weight excluding hydrogens is 286 g/mol. The zero-order valence-electron chi connectivity index (χ0n) is 12.2. The van der Waals surface area contributed by atoms with Crippen molar-refractivity contribution in [3.05, 3.63) is 53.6 Å². The fourth-order valence-corrected chi connectivity index (χ4v) is 1.94. The topological polar surface area (TPSA) is 87.9 Å². The predicted molar refractivity (Wildman–Crippen MR) is 80.1 cm³/mol. The SMILES string of the molecule is COc1ccccc1C(=O)OC(=O)c1c(N)cccc1OC. The molecule has 6 heteroatoms. The van der Waals surface area contributed by atoms with E-state index in [-0.39, 0.29) is 22.6 Å². The van der Waals surface area contributed by atoms with Gasteiger partial charge in [-0.2, -0.15) is 0 Å². The van der Waals surface area contributed by atoms with Gasteiger partial charge in [-0.1, -0.05) is 18.2 Å². The van der Waals surface area contributed by atoms with Crippen LogP contribution in [-0.2, 0) is 4.74 Å². The summed E-state index contributed by atoms with van der Waals surface area (Å²) in [6, 6.07) is 11.1. The number of hydrogen-bond donors (Lipinski definition) is 1. The van der Waals surface area contributed by atoms with Crippen molar-refractivity contribution in [1.29, 1.82) is 0 Å². The number of carbonyl (C=O) groups excluding carboxylic acids is 2. The molecule has 0 spiro atoms. The molecular formula is C16H15NO5. The van der Waals surface area contributed by atoms with E-state index in [1.165, 1.54) is 26.4 Å². The fraction of sp³-hybridized carbons (Fsp3) is 0.125. The van der Waals surface area contributed by atoms with E-state index in [4.69, 9.17) is 19.9 Å². The molecule has 22 heavy (non-hydrogen) atoms.